The lowest BCUT2D eigenvalue weighted by Crippen LogP contribution is -2.40. The molecule has 0 unspecified atom stereocenters. The highest BCUT2D eigenvalue weighted by atomic mass is 16.5. The van der Waals surface area contributed by atoms with Gasteiger partial charge in [-0.15, -0.1) is 0 Å². The van der Waals surface area contributed by atoms with E-state index in [1.165, 1.54) is 16.8 Å². The van der Waals surface area contributed by atoms with E-state index in [4.69, 9.17) is 4.74 Å². The number of carbonyl (C=O) groups excluding carboxylic acids is 1. The summed E-state index contributed by atoms with van der Waals surface area (Å²) in [7, 11) is 3.52. The van der Waals surface area contributed by atoms with E-state index >= 15 is 0 Å². The number of fused-ring (bicyclic) bond motifs is 1. The summed E-state index contributed by atoms with van der Waals surface area (Å²) in [6, 6.07) is 14.4. The number of ether oxygens (including phenoxy) is 1. The molecule has 4 nitrogen and oxygen atoms in total. The van der Waals surface area contributed by atoms with Crippen LogP contribution in [-0.2, 0) is 17.8 Å². The molecule has 0 fully saturated rings. The predicted octanol–water partition coefficient (Wildman–Crippen LogP) is 3.41. The lowest BCUT2D eigenvalue weighted by atomic mass is 9.99. The van der Waals surface area contributed by atoms with Crippen molar-refractivity contribution in [3.63, 3.8) is 0 Å². The van der Waals surface area contributed by atoms with Crippen LogP contribution < -0.4 is 9.64 Å². The fourth-order valence-electron chi connectivity index (χ4n) is 3.38. The second kappa shape index (κ2) is 7.60. The molecule has 0 aliphatic carbocycles. The molecule has 2 aromatic rings. The molecule has 25 heavy (non-hydrogen) atoms. The van der Waals surface area contributed by atoms with Crippen molar-refractivity contribution in [2.24, 2.45) is 0 Å². The zero-order valence-corrected chi connectivity index (χ0v) is 15.3. The molecule has 1 heterocycles. The van der Waals surface area contributed by atoms with Gasteiger partial charge < -0.3 is 14.5 Å². The SMILES string of the molecule is COc1cccc(CN(C)C(=O)CN2CCCc3cc(C)ccc32)c1. The molecule has 0 spiro atoms. The Morgan fingerprint density at radius 1 is 1.24 bits per heavy atom. The van der Waals surface area contributed by atoms with Crippen LogP contribution >= 0.6 is 0 Å². The number of aryl methyl sites for hydroxylation is 2. The number of hydrogen-bond donors (Lipinski definition) is 0. The topological polar surface area (TPSA) is 32.8 Å². The Bertz CT molecular complexity index is 757. The maximum atomic E-state index is 12.7. The van der Waals surface area contributed by atoms with Crippen LogP contribution in [0.4, 0.5) is 5.69 Å². The molecule has 4 heteroatoms. The second-order valence-electron chi connectivity index (χ2n) is 6.76. The van der Waals surface area contributed by atoms with Crippen molar-refractivity contribution in [2.45, 2.75) is 26.3 Å². The molecule has 1 aliphatic heterocycles. The molecule has 0 bridgehead atoms. The van der Waals surface area contributed by atoms with Gasteiger partial charge in [0.1, 0.15) is 5.75 Å². The highest BCUT2D eigenvalue weighted by molar-refractivity contribution is 5.82. The minimum atomic E-state index is 0.135. The van der Waals surface area contributed by atoms with E-state index in [1.807, 2.05) is 31.3 Å². The average Bonchev–Trinajstić information content (AvgIpc) is 2.61. The Labute approximate surface area is 150 Å². The van der Waals surface area contributed by atoms with E-state index < -0.39 is 0 Å². The van der Waals surface area contributed by atoms with Crippen molar-refractivity contribution in [3.05, 3.63) is 59.2 Å². The van der Waals surface area contributed by atoms with Gasteiger partial charge in [-0.25, -0.2) is 0 Å². The number of methoxy groups -OCH3 is 1. The predicted molar refractivity (Wildman–Crippen MR) is 101 cm³/mol. The summed E-state index contributed by atoms with van der Waals surface area (Å²) in [6.45, 7) is 4.07. The first-order valence-corrected chi connectivity index (χ1v) is 8.78. The number of carbonyl (C=O) groups is 1. The monoisotopic (exact) mass is 338 g/mol. The molecule has 1 amide bonds. The largest absolute Gasteiger partial charge is 0.497 e. The van der Waals surface area contributed by atoms with Crippen LogP contribution in [0.25, 0.3) is 0 Å². The van der Waals surface area contributed by atoms with E-state index in [0.717, 1.165) is 30.7 Å². The van der Waals surface area contributed by atoms with Crippen LogP contribution in [0.1, 0.15) is 23.1 Å². The van der Waals surface area contributed by atoms with Gasteiger partial charge in [-0.2, -0.15) is 0 Å². The minimum absolute atomic E-state index is 0.135. The van der Waals surface area contributed by atoms with Gasteiger partial charge in [0.2, 0.25) is 5.91 Å². The summed E-state index contributed by atoms with van der Waals surface area (Å²) in [6.07, 6.45) is 2.20. The standard InChI is InChI=1S/C21H26N2O2/c1-16-9-10-20-18(12-16)7-5-11-23(20)15-21(24)22(2)14-17-6-4-8-19(13-17)25-3/h4,6,8-10,12-13H,5,7,11,14-15H2,1-3H3. The number of benzene rings is 2. The van der Waals surface area contributed by atoms with Crippen molar-refractivity contribution in [2.75, 3.05) is 32.1 Å². The zero-order valence-electron chi connectivity index (χ0n) is 15.3. The fourth-order valence-corrected chi connectivity index (χ4v) is 3.38. The molecule has 0 atom stereocenters. The Kier molecular flexibility index (Phi) is 5.27. The van der Waals surface area contributed by atoms with Crippen LogP contribution in [0.5, 0.6) is 5.75 Å². The van der Waals surface area contributed by atoms with Crippen LogP contribution in [0, 0.1) is 6.92 Å². The smallest absolute Gasteiger partial charge is 0.242 e. The van der Waals surface area contributed by atoms with Gasteiger partial charge in [0.15, 0.2) is 0 Å². The number of likely N-dealkylation sites (N-methyl/N-ethyl adjacent to an activating group) is 1. The lowest BCUT2D eigenvalue weighted by Gasteiger charge is -2.32. The highest BCUT2D eigenvalue weighted by Gasteiger charge is 2.20. The number of rotatable bonds is 5. The van der Waals surface area contributed by atoms with Crippen molar-refractivity contribution in [3.8, 4) is 5.75 Å². The van der Waals surface area contributed by atoms with E-state index in [2.05, 4.69) is 30.0 Å². The lowest BCUT2D eigenvalue weighted by molar-refractivity contribution is -0.129. The molecule has 132 valence electrons. The van der Waals surface area contributed by atoms with Gasteiger partial charge in [-0.3, -0.25) is 4.79 Å². The maximum absolute atomic E-state index is 12.7. The fraction of sp³-hybridized carbons (Fsp3) is 0.381. The van der Waals surface area contributed by atoms with Gasteiger partial charge in [0.25, 0.3) is 0 Å². The van der Waals surface area contributed by atoms with E-state index in [9.17, 15) is 4.79 Å². The van der Waals surface area contributed by atoms with Crippen LogP contribution in [0.15, 0.2) is 42.5 Å². The van der Waals surface area contributed by atoms with Crippen LogP contribution in [-0.4, -0.2) is 38.1 Å². The van der Waals surface area contributed by atoms with E-state index in [-0.39, 0.29) is 5.91 Å². The summed E-state index contributed by atoms with van der Waals surface area (Å²) >= 11 is 0. The quantitative estimate of drug-likeness (QED) is 0.837. The highest BCUT2D eigenvalue weighted by Crippen LogP contribution is 2.27. The number of nitrogens with zero attached hydrogens (tertiary/aromatic N) is 2. The van der Waals surface area contributed by atoms with Crippen LogP contribution in [0.2, 0.25) is 0 Å². The number of anilines is 1. The first-order valence-electron chi connectivity index (χ1n) is 8.78. The summed E-state index contributed by atoms with van der Waals surface area (Å²) in [4.78, 5) is 16.7. The van der Waals surface area contributed by atoms with Gasteiger partial charge in [-0.05, 0) is 49.1 Å². The van der Waals surface area contributed by atoms with Crippen LogP contribution in [0.3, 0.4) is 0 Å². The maximum Gasteiger partial charge on any atom is 0.242 e. The molecule has 0 saturated carbocycles. The molecular weight excluding hydrogens is 312 g/mol. The average molecular weight is 338 g/mol. The Morgan fingerprint density at radius 2 is 2.08 bits per heavy atom. The molecule has 3 rings (SSSR count). The molecular formula is C21H26N2O2. The van der Waals surface area contributed by atoms with E-state index in [0.29, 0.717) is 13.1 Å². The minimum Gasteiger partial charge on any atom is -0.497 e. The first kappa shape index (κ1) is 17.3. The third-order valence-corrected chi connectivity index (χ3v) is 4.76. The molecule has 0 N–H and O–H groups in total. The van der Waals surface area contributed by atoms with Gasteiger partial charge in [-0.1, -0.05) is 29.8 Å². The third kappa shape index (κ3) is 4.13. The van der Waals surface area contributed by atoms with Gasteiger partial charge >= 0.3 is 0 Å². The van der Waals surface area contributed by atoms with Crippen molar-refractivity contribution >= 4 is 11.6 Å². The molecule has 0 radical (unpaired) electrons. The molecule has 2 aromatic carbocycles. The summed E-state index contributed by atoms with van der Waals surface area (Å²) < 4.78 is 5.26. The zero-order chi connectivity index (χ0) is 17.8. The third-order valence-electron chi connectivity index (χ3n) is 4.76. The second-order valence-corrected chi connectivity index (χ2v) is 6.76. The van der Waals surface area contributed by atoms with E-state index in [1.54, 1.807) is 12.0 Å². The molecule has 0 aromatic heterocycles. The van der Waals surface area contributed by atoms with Gasteiger partial charge in [0, 0.05) is 25.8 Å². The number of amides is 1. The normalized spacial score (nSPS) is 13.3. The van der Waals surface area contributed by atoms with Crippen molar-refractivity contribution < 1.29 is 9.53 Å². The summed E-state index contributed by atoms with van der Waals surface area (Å²) in [5.41, 5.74) is 4.92. The Balaban J connectivity index is 1.66. The molecule has 0 saturated heterocycles. The summed E-state index contributed by atoms with van der Waals surface area (Å²) in [5, 5.41) is 0. The van der Waals surface area contributed by atoms with Gasteiger partial charge in [0.05, 0.1) is 13.7 Å². The summed E-state index contributed by atoms with van der Waals surface area (Å²) in [5.74, 6) is 0.954. The Morgan fingerprint density at radius 3 is 2.88 bits per heavy atom. The number of hydrogen-bond acceptors (Lipinski definition) is 3. The molecule has 1 aliphatic rings. The van der Waals surface area contributed by atoms with Crippen molar-refractivity contribution in [1.29, 1.82) is 0 Å². The van der Waals surface area contributed by atoms with Crippen molar-refractivity contribution in [1.82, 2.24) is 4.90 Å². The first-order chi connectivity index (χ1) is 12.1. The Hall–Kier alpha value is -2.49.